The van der Waals surface area contributed by atoms with Crippen LogP contribution in [-0.2, 0) is 7.05 Å². The van der Waals surface area contributed by atoms with Gasteiger partial charge >= 0.3 is 0 Å². The minimum Gasteiger partial charge on any atom is -0.350 e. The average molecular weight is 335 g/mol. The van der Waals surface area contributed by atoms with Gasteiger partial charge in [-0.2, -0.15) is 0 Å². The summed E-state index contributed by atoms with van der Waals surface area (Å²) in [5.74, 6) is 0.669. The molecule has 0 aliphatic carbocycles. The van der Waals surface area contributed by atoms with Gasteiger partial charge in [-0.3, -0.25) is 0 Å². The zero-order valence-corrected chi connectivity index (χ0v) is 13.8. The lowest BCUT2D eigenvalue weighted by atomic mass is 10.1. The van der Waals surface area contributed by atoms with Crippen LogP contribution >= 0.6 is 11.6 Å². The van der Waals surface area contributed by atoms with Crippen LogP contribution in [-0.4, -0.2) is 14.5 Å². The van der Waals surface area contributed by atoms with Crippen molar-refractivity contribution in [2.75, 3.05) is 5.32 Å². The molecule has 0 aliphatic rings. The van der Waals surface area contributed by atoms with Crippen LogP contribution in [0.3, 0.4) is 0 Å². The molecule has 0 bridgehead atoms. The molecule has 2 heterocycles. The summed E-state index contributed by atoms with van der Waals surface area (Å²) in [5.41, 5.74) is 3.90. The maximum Gasteiger partial charge on any atom is 0.224 e. The predicted octanol–water partition coefficient (Wildman–Crippen LogP) is 5.03. The molecule has 0 saturated carbocycles. The third-order valence-electron chi connectivity index (χ3n) is 3.93. The predicted molar refractivity (Wildman–Crippen MR) is 98.7 cm³/mol. The van der Waals surface area contributed by atoms with Crippen molar-refractivity contribution in [3.05, 3.63) is 72.1 Å². The lowest BCUT2D eigenvalue weighted by Crippen LogP contribution is -1.97. The Hall–Kier alpha value is -2.85. The molecular weight excluding hydrogens is 320 g/mol. The molecule has 0 aliphatic heterocycles. The Kier molecular flexibility index (Phi) is 3.67. The van der Waals surface area contributed by atoms with Crippen LogP contribution in [0, 0.1) is 0 Å². The van der Waals surface area contributed by atoms with E-state index in [1.54, 1.807) is 0 Å². The fourth-order valence-corrected chi connectivity index (χ4v) is 2.91. The summed E-state index contributed by atoms with van der Waals surface area (Å²) in [5, 5.41) is 4.74. The Morgan fingerprint density at radius 1 is 0.958 bits per heavy atom. The highest BCUT2D eigenvalue weighted by Gasteiger charge is 2.07. The molecule has 0 radical (unpaired) electrons. The number of halogens is 1. The number of fused-ring (bicyclic) bond motifs is 1. The number of aryl methyl sites for hydroxylation is 1. The zero-order valence-electron chi connectivity index (χ0n) is 13.1. The van der Waals surface area contributed by atoms with Gasteiger partial charge in [-0.25, -0.2) is 9.97 Å². The van der Waals surface area contributed by atoms with Gasteiger partial charge < -0.3 is 9.88 Å². The average Bonchev–Trinajstić information content (AvgIpc) is 2.96. The van der Waals surface area contributed by atoms with Crippen LogP contribution in [0.5, 0.6) is 0 Å². The van der Waals surface area contributed by atoms with E-state index in [2.05, 4.69) is 38.1 Å². The number of rotatable bonds is 3. The second kappa shape index (κ2) is 5.98. The first-order chi connectivity index (χ1) is 11.7. The summed E-state index contributed by atoms with van der Waals surface area (Å²) in [7, 11) is 2.03. The Labute approximate surface area is 144 Å². The van der Waals surface area contributed by atoms with Crippen molar-refractivity contribution in [3.8, 4) is 11.3 Å². The van der Waals surface area contributed by atoms with Gasteiger partial charge in [-0.15, -0.1) is 0 Å². The molecule has 0 unspecified atom stereocenters. The number of hydrogen-bond acceptors (Lipinski definition) is 3. The van der Waals surface area contributed by atoms with Gasteiger partial charge in [0.1, 0.15) is 5.82 Å². The highest BCUT2D eigenvalue weighted by atomic mass is 35.5. The van der Waals surface area contributed by atoms with E-state index in [4.69, 9.17) is 11.6 Å². The van der Waals surface area contributed by atoms with Crippen LogP contribution < -0.4 is 5.32 Å². The minimum atomic E-state index is 0.221. The van der Waals surface area contributed by atoms with E-state index in [1.165, 1.54) is 5.39 Å². The second-order valence-corrected chi connectivity index (χ2v) is 5.94. The van der Waals surface area contributed by atoms with Crippen molar-refractivity contribution >= 4 is 34.0 Å². The van der Waals surface area contributed by atoms with E-state index in [1.807, 2.05) is 55.7 Å². The van der Waals surface area contributed by atoms with Crippen molar-refractivity contribution in [1.29, 1.82) is 0 Å². The molecular formula is C19H15ClN4. The van der Waals surface area contributed by atoms with Crippen LogP contribution in [0.2, 0.25) is 5.28 Å². The minimum absolute atomic E-state index is 0.221. The molecule has 24 heavy (non-hydrogen) atoms. The van der Waals surface area contributed by atoms with Crippen molar-refractivity contribution in [3.63, 3.8) is 0 Å². The Balaban J connectivity index is 1.70. The van der Waals surface area contributed by atoms with Crippen LogP contribution in [0.15, 0.2) is 66.9 Å². The highest BCUT2D eigenvalue weighted by molar-refractivity contribution is 6.28. The number of hydrogen-bond donors (Lipinski definition) is 1. The Bertz CT molecular complexity index is 1010. The number of benzene rings is 2. The van der Waals surface area contributed by atoms with Crippen molar-refractivity contribution in [2.24, 2.45) is 7.05 Å². The first-order valence-electron chi connectivity index (χ1n) is 7.61. The zero-order chi connectivity index (χ0) is 16.5. The quantitative estimate of drug-likeness (QED) is 0.534. The molecule has 4 rings (SSSR count). The van der Waals surface area contributed by atoms with Gasteiger partial charge in [0, 0.05) is 36.1 Å². The fourth-order valence-electron chi connectivity index (χ4n) is 2.73. The first kappa shape index (κ1) is 14.7. The largest absolute Gasteiger partial charge is 0.350 e. The summed E-state index contributed by atoms with van der Waals surface area (Å²) >= 11 is 6.10. The SMILES string of the molecule is Cn1ccc2ccc(Nc3cc(-c4ccccc4)nc(Cl)n3)cc21. The maximum atomic E-state index is 6.10. The Morgan fingerprint density at radius 3 is 2.62 bits per heavy atom. The maximum absolute atomic E-state index is 6.10. The first-order valence-corrected chi connectivity index (χ1v) is 7.99. The third-order valence-corrected chi connectivity index (χ3v) is 4.10. The molecule has 0 fully saturated rings. The molecule has 5 heteroatoms. The van der Waals surface area contributed by atoms with E-state index in [-0.39, 0.29) is 5.28 Å². The third kappa shape index (κ3) is 2.84. The van der Waals surface area contributed by atoms with E-state index < -0.39 is 0 Å². The van der Waals surface area contributed by atoms with Crippen molar-refractivity contribution in [1.82, 2.24) is 14.5 Å². The molecule has 118 valence electrons. The number of anilines is 2. The van der Waals surface area contributed by atoms with E-state index >= 15 is 0 Å². The molecule has 2 aromatic heterocycles. The van der Waals surface area contributed by atoms with Crippen molar-refractivity contribution < 1.29 is 0 Å². The summed E-state index contributed by atoms with van der Waals surface area (Å²) in [6.07, 6.45) is 2.05. The van der Waals surface area contributed by atoms with Gasteiger partial charge in [0.2, 0.25) is 5.28 Å². The summed E-state index contributed by atoms with van der Waals surface area (Å²) in [6.45, 7) is 0. The van der Waals surface area contributed by atoms with E-state index in [9.17, 15) is 0 Å². The molecule has 0 amide bonds. The Morgan fingerprint density at radius 2 is 1.79 bits per heavy atom. The summed E-state index contributed by atoms with van der Waals surface area (Å²) < 4.78 is 2.09. The molecule has 0 atom stereocenters. The number of nitrogens with zero attached hydrogens (tertiary/aromatic N) is 3. The second-order valence-electron chi connectivity index (χ2n) is 5.60. The van der Waals surface area contributed by atoms with Crippen LogP contribution in [0.25, 0.3) is 22.2 Å². The summed E-state index contributed by atoms with van der Waals surface area (Å²) in [4.78, 5) is 8.59. The molecule has 4 nitrogen and oxygen atoms in total. The molecule has 1 N–H and O–H groups in total. The highest BCUT2D eigenvalue weighted by Crippen LogP contribution is 2.25. The van der Waals surface area contributed by atoms with Crippen molar-refractivity contribution in [2.45, 2.75) is 0 Å². The van der Waals surface area contributed by atoms with Gasteiger partial charge in [0.05, 0.1) is 5.69 Å². The smallest absolute Gasteiger partial charge is 0.224 e. The van der Waals surface area contributed by atoms with Crippen LogP contribution in [0.1, 0.15) is 0 Å². The van der Waals surface area contributed by atoms with Gasteiger partial charge in [-0.05, 0) is 35.2 Å². The van der Waals surface area contributed by atoms with Gasteiger partial charge in [0.25, 0.3) is 0 Å². The number of nitrogens with one attached hydrogen (secondary N) is 1. The normalized spacial score (nSPS) is 10.9. The summed E-state index contributed by atoms with van der Waals surface area (Å²) in [6, 6.07) is 20.1. The monoisotopic (exact) mass is 334 g/mol. The number of aromatic nitrogens is 3. The van der Waals surface area contributed by atoms with Crippen LogP contribution in [0.4, 0.5) is 11.5 Å². The van der Waals surface area contributed by atoms with E-state index in [0.29, 0.717) is 5.82 Å². The lowest BCUT2D eigenvalue weighted by Gasteiger charge is -2.09. The molecule has 0 spiro atoms. The standard InChI is InChI=1S/C19H15ClN4/c1-24-10-9-14-7-8-15(11-17(14)24)21-18-12-16(22-19(20)23-18)13-5-3-2-4-6-13/h2-12H,1H3,(H,21,22,23). The molecule has 4 aromatic rings. The molecule has 0 saturated heterocycles. The fraction of sp³-hybridized carbons (Fsp3) is 0.0526. The van der Waals surface area contributed by atoms with Gasteiger partial charge in [-0.1, -0.05) is 36.4 Å². The molecule has 2 aromatic carbocycles. The van der Waals surface area contributed by atoms with E-state index in [0.717, 1.165) is 22.5 Å². The topological polar surface area (TPSA) is 42.7 Å². The lowest BCUT2D eigenvalue weighted by molar-refractivity contribution is 0.969. The van der Waals surface area contributed by atoms with Gasteiger partial charge in [0.15, 0.2) is 0 Å².